The van der Waals surface area contributed by atoms with Crippen molar-refractivity contribution in [3.8, 4) is 16.9 Å². The number of benzene rings is 2. The van der Waals surface area contributed by atoms with Gasteiger partial charge in [-0.1, -0.05) is 42.5 Å². The van der Waals surface area contributed by atoms with Crippen LogP contribution in [-0.4, -0.2) is 36.3 Å². The second kappa shape index (κ2) is 9.82. The molecule has 0 aliphatic heterocycles. The molecule has 6 nitrogen and oxygen atoms in total. The summed E-state index contributed by atoms with van der Waals surface area (Å²) in [6.07, 6.45) is 1.62. The monoisotopic (exact) mass is 391 g/mol. The van der Waals surface area contributed by atoms with Crippen LogP contribution in [0, 0.1) is 6.92 Å². The van der Waals surface area contributed by atoms with Crippen LogP contribution in [0.3, 0.4) is 0 Å². The second-order valence-corrected chi connectivity index (χ2v) is 6.58. The van der Waals surface area contributed by atoms with Crippen molar-refractivity contribution in [2.24, 2.45) is 0 Å². The Morgan fingerprint density at radius 2 is 1.93 bits per heavy atom. The minimum atomic E-state index is -0.300. The Morgan fingerprint density at radius 1 is 1.14 bits per heavy atom. The first-order valence-electron chi connectivity index (χ1n) is 9.45. The molecule has 6 heteroatoms. The number of pyridine rings is 1. The smallest absolute Gasteiger partial charge is 0.274 e. The van der Waals surface area contributed by atoms with E-state index in [1.54, 1.807) is 19.4 Å². The molecule has 29 heavy (non-hydrogen) atoms. The molecule has 0 saturated carbocycles. The molecular weight excluding hydrogens is 366 g/mol. The lowest BCUT2D eigenvalue weighted by atomic mass is 9.99. The molecule has 0 bridgehead atoms. The maximum Gasteiger partial charge on any atom is 0.274 e. The van der Waals surface area contributed by atoms with Crippen LogP contribution in [-0.2, 0) is 6.54 Å². The van der Waals surface area contributed by atoms with E-state index < -0.39 is 0 Å². The third-order valence-electron chi connectivity index (χ3n) is 4.67. The van der Waals surface area contributed by atoms with Crippen molar-refractivity contribution in [2.75, 3.05) is 25.6 Å². The van der Waals surface area contributed by atoms with Crippen molar-refractivity contribution in [2.45, 2.75) is 13.5 Å². The van der Waals surface area contributed by atoms with Crippen molar-refractivity contribution in [1.82, 2.24) is 10.3 Å². The van der Waals surface area contributed by atoms with Crippen LogP contribution in [0.15, 0.2) is 60.8 Å². The first kappa shape index (κ1) is 20.5. The SMILES string of the molecule is COc1cc(C(=O)Nc2cccc(-c3ccccc3)c2C)ncc1CNCCO. The van der Waals surface area contributed by atoms with E-state index in [-0.39, 0.29) is 18.2 Å². The van der Waals surface area contributed by atoms with Crippen molar-refractivity contribution >= 4 is 11.6 Å². The van der Waals surface area contributed by atoms with Gasteiger partial charge in [-0.15, -0.1) is 0 Å². The quantitative estimate of drug-likeness (QED) is 0.513. The number of amides is 1. The molecule has 3 aromatic rings. The van der Waals surface area contributed by atoms with E-state index in [1.807, 2.05) is 55.5 Å². The highest BCUT2D eigenvalue weighted by atomic mass is 16.5. The number of aromatic nitrogens is 1. The molecule has 0 saturated heterocycles. The Hall–Kier alpha value is -3.22. The van der Waals surface area contributed by atoms with Gasteiger partial charge in [0.1, 0.15) is 11.4 Å². The van der Waals surface area contributed by atoms with Crippen LogP contribution < -0.4 is 15.4 Å². The predicted molar refractivity (Wildman–Crippen MR) is 114 cm³/mol. The van der Waals surface area contributed by atoms with Gasteiger partial charge in [0.2, 0.25) is 0 Å². The van der Waals surface area contributed by atoms with E-state index >= 15 is 0 Å². The third kappa shape index (κ3) is 4.99. The Bertz CT molecular complexity index is 974. The molecule has 0 fully saturated rings. The molecule has 3 N–H and O–H groups in total. The van der Waals surface area contributed by atoms with Gasteiger partial charge in [-0.2, -0.15) is 0 Å². The van der Waals surface area contributed by atoms with Crippen molar-refractivity contribution in [3.63, 3.8) is 0 Å². The third-order valence-corrected chi connectivity index (χ3v) is 4.67. The van der Waals surface area contributed by atoms with E-state index in [0.29, 0.717) is 18.8 Å². The average Bonchev–Trinajstić information content (AvgIpc) is 2.76. The standard InChI is InChI=1S/C23H25N3O3/c1-16-19(17-7-4-3-5-8-17)9-6-10-20(16)26-23(28)21-13-22(29-2)18(15-25-21)14-24-11-12-27/h3-10,13,15,24,27H,11-12,14H2,1-2H3,(H,26,28). The number of carbonyl (C=O) groups is 1. The molecule has 1 aromatic heterocycles. The maximum absolute atomic E-state index is 12.8. The van der Waals surface area contributed by atoms with Crippen molar-refractivity contribution < 1.29 is 14.6 Å². The average molecular weight is 391 g/mol. The topological polar surface area (TPSA) is 83.5 Å². The molecule has 0 unspecified atom stereocenters. The summed E-state index contributed by atoms with van der Waals surface area (Å²) in [4.78, 5) is 17.1. The molecule has 0 aliphatic rings. The summed E-state index contributed by atoms with van der Waals surface area (Å²) in [6.45, 7) is 3.01. The van der Waals surface area contributed by atoms with Gasteiger partial charge in [-0.3, -0.25) is 9.78 Å². The van der Waals surface area contributed by atoms with Gasteiger partial charge in [0.05, 0.1) is 13.7 Å². The number of nitrogens with one attached hydrogen (secondary N) is 2. The van der Waals surface area contributed by atoms with Crippen LogP contribution >= 0.6 is 0 Å². The zero-order valence-corrected chi connectivity index (χ0v) is 16.6. The maximum atomic E-state index is 12.8. The number of rotatable bonds is 8. The summed E-state index contributed by atoms with van der Waals surface area (Å²) in [5.74, 6) is 0.275. The number of aliphatic hydroxyl groups is 1. The lowest BCUT2D eigenvalue weighted by molar-refractivity contribution is 0.102. The van der Waals surface area contributed by atoms with Crippen LogP contribution in [0.4, 0.5) is 5.69 Å². The van der Waals surface area contributed by atoms with Crippen LogP contribution in [0.25, 0.3) is 11.1 Å². The zero-order valence-electron chi connectivity index (χ0n) is 16.6. The molecule has 1 amide bonds. The fourth-order valence-electron chi connectivity index (χ4n) is 3.10. The number of ether oxygens (including phenoxy) is 1. The van der Waals surface area contributed by atoms with Gasteiger partial charge in [0.15, 0.2) is 0 Å². The van der Waals surface area contributed by atoms with Gasteiger partial charge < -0.3 is 20.5 Å². The number of aliphatic hydroxyl groups excluding tert-OH is 1. The molecule has 2 aromatic carbocycles. The Morgan fingerprint density at radius 3 is 2.66 bits per heavy atom. The second-order valence-electron chi connectivity index (χ2n) is 6.58. The molecule has 0 atom stereocenters. The summed E-state index contributed by atoms with van der Waals surface area (Å²) in [5.41, 5.74) is 4.99. The molecule has 0 radical (unpaired) electrons. The minimum Gasteiger partial charge on any atom is -0.496 e. The number of anilines is 1. The number of methoxy groups -OCH3 is 1. The summed E-state index contributed by atoms with van der Waals surface area (Å²) in [5, 5.41) is 14.9. The predicted octanol–water partition coefficient (Wildman–Crippen LogP) is 3.40. The van der Waals surface area contributed by atoms with E-state index in [1.165, 1.54) is 0 Å². The molecule has 150 valence electrons. The van der Waals surface area contributed by atoms with Gasteiger partial charge in [0, 0.05) is 36.6 Å². The van der Waals surface area contributed by atoms with Crippen LogP contribution in [0.2, 0.25) is 0 Å². The Balaban J connectivity index is 1.80. The molecular formula is C23H25N3O3. The highest BCUT2D eigenvalue weighted by Gasteiger charge is 2.14. The van der Waals surface area contributed by atoms with Crippen molar-refractivity contribution in [3.05, 3.63) is 77.6 Å². The summed E-state index contributed by atoms with van der Waals surface area (Å²) < 4.78 is 5.40. The fourth-order valence-corrected chi connectivity index (χ4v) is 3.10. The van der Waals surface area contributed by atoms with Gasteiger partial charge in [-0.25, -0.2) is 0 Å². The Labute approximate surface area is 170 Å². The highest BCUT2D eigenvalue weighted by Crippen LogP contribution is 2.29. The zero-order chi connectivity index (χ0) is 20.6. The largest absolute Gasteiger partial charge is 0.496 e. The molecule has 0 spiro atoms. The lowest BCUT2D eigenvalue weighted by Crippen LogP contribution is -2.19. The van der Waals surface area contributed by atoms with E-state index in [4.69, 9.17) is 9.84 Å². The Kier molecular flexibility index (Phi) is 6.94. The van der Waals surface area contributed by atoms with E-state index in [0.717, 1.165) is 27.9 Å². The minimum absolute atomic E-state index is 0.0532. The molecule has 0 aliphatic carbocycles. The highest BCUT2D eigenvalue weighted by molar-refractivity contribution is 6.04. The lowest BCUT2D eigenvalue weighted by Gasteiger charge is -2.14. The number of hydrogen-bond donors (Lipinski definition) is 3. The van der Waals surface area contributed by atoms with Crippen LogP contribution in [0.5, 0.6) is 5.75 Å². The van der Waals surface area contributed by atoms with Gasteiger partial charge in [-0.05, 0) is 29.7 Å². The van der Waals surface area contributed by atoms with Gasteiger partial charge in [0.25, 0.3) is 5.91 Å². The number of nitrogens with zero attached hydrogens (tertiary/aromatic N) is 1. The fraction of sp³-hybridized carbons (Fsp3) is 0.217. The molecule has 1 heterocycles. The van der Waals surface area contributed by atoms with E-state index in [2.05, 4.69) is 15.6 Å². The number of hydrogen-bond acceptors (Lipinski definition) is 5. The van der Waals surface area contributed by atoms with E-state index in [9.17, 15) is 4.79 Å². The molecule has 3 rings (SSSR count). The summed E-state index contributed by atoms with van der Waals surface area (Å²) in [7, 11) is 1.56. The number of carbonyl (C=O) groups excluding carboxylic acids is 1. The van der Waals surface area contributed by atoms with Crippen molar-refractivity contribution in [1.29, 1.82) is 0 Å². The first-order valence-corrected chi connectivity index (χ1v) is 9.45. The van der Waals surface area contributed by atoms with Gasteiger partial charge >= 0.3 is 0 Å². The summed E-state index contributed by atoms with van der Waals surface area (Å²) >= 11 is 0. The van der Waals surface area contributed by atoms with Crippen LogP contribution in [0.1, 0.15) is 21.6 Å². The first-order chi connectivity index (χ1) is 14.1. The normalized spacial score (nSPS) is 10.6. The summed E-state index contributed by atoms with van der Waals surface area (Å²) in [6, 6.07) is 17.5.